The largest absolute Gasteiger partial charge is 0.378 e. The Labute approximate surface area is 98.1 Å². The number of nitrogens with one attached hydrogen (secondary N) is 2. The minimum Gasteiger partial charge on any atom is -0.378 e. The van der Waals surface area contributed by atoms with E-state index in [9.17, 15) is 4.79 Å². The van der Waals surface area contributed by atoms with Gasteiger partial charge in [-0.1, -0.05) is 6.92 Å². The summed E-state index contributed by atoms with van der Waals surface area (Å²) in [5.74, 6) is 0.636. The second-order valence-electron chi connectivity index (χ2n) is 4.39. The maximum absolute atomic E-state index is 11.5. The minimum absolute atomic E-state index is 0.0782. The molecule has 0 aromatic rings. The van der Waals surface area contributed by atoms with E-state index in [0.29, 0.717) is 18.6 Å². The standard InChI is InChI=1S/C12H24N2O2/c1-4-11-10(6-7-16-11)8-14-9(3)12(15)13-5-2/h9-11,14H,4-8H2,1-3H3,(H,13,15). The summed E-state index contributed by atoms with van der Waals surface area (Å²) in [6.07, 6.45) is 2.53. The molecule has 4 heteroatoms. The molecule has 0 aliphatic carbocycles. The third kappa shape index (κ3) is 3.76. The summed E-state index contributed by atoms with van der Waals surface area (Å²) < 4.78 is 5.61. The first-order chi connectivity index (χ1) is 7.69. The Morgan fingerprint density at radius 2 is 2.25 bits per heavy atom. The molecule has 0 aromatic heterocycles. The maximum Gasteiger partial charge on any atom is 0.236 e. The van der Waals surface area contributed by atoms with Crippen molar-refractivity contribution in [3.63, 3.8) is 0 Å². The first kappa shape index (κ1) is 13.5. The number of hydrogen-bond donors (Lipinski definition) is 2. The normalized spacial score (nSPS) is 26.7. The van der Waals surface area contributed by atoms with Crippen molar-refractivity contribution in [3.05, 3.63) is 0 Å². The highest BCUT2D eigenvalue weighted by atomic mass is 16.5. The van der Waals surface area contributed by atoms with Gasteiger partial charge in [-0.3, -0.25) is 4.79 Å². The van der Waals surface area contributed by atoms with Crippen LogP contribution in [0.2, 0.25) is 0 Å². The molecule has 2 N–H and O–H groups in total. The van der Waals surface area contributed by atoms with Gasteiger partial charge in [-0.15, -0.1) is 0 Å². The van der Waals surface area contributed by atoms with Crippen LogP contribution in [-0.4, -0.2) is 37.7 Å². The van der Waals surface area contributed by atoms with Gasteiger partial charge in [0, 0.05) is 19.7 Å². The van der Waals surface area contributed by atoms with Gasteiger partial charge in [0.2, 0.25) is 5.91 Å². The first-order valence-electron chi connectivity index (χ1n) is 6.31. The molecule has 1 rings (SSSR count). The van der Waals surface area contributed by atoms with Crippen molar-refractivity contribution < 1.29 is 9.53 Å². The Hall–Kier alpha value is -0.610. The molecule has 1 saturated heterocycles. The molecule has 1 heterocycles. The van der Waals surface area contributed by atoms with E-state index in [4.69, 9.17) is 4.74 Å². The van der Waals surface area contributed by atoms with Crippen molar-refractivity contribution in [2.45, 2.75) is 45.8 Å². The number of ether oxygens (including phenoxy) is 1. The highest BCUT2D eigenvalue weighted by molar-refractivity contribution is 5.81. The minimum atomic E-state index is -0.113. The summed E-state index contributed by atoms with van der Waals surface area (Å²) in [7, 11) is 0. The van der Waals surface area contributed by atoms with E-state index in [1.54, 1.807) is 0 Å². The lowest BCUT2D eigenvalue weighted by Gasteiger charge is -2.20. The molecule has 0 spiro atoms. The van der Waals surface area contributed by atoms with Gasteiger partial charge in [0.15, 0.2) is 0 Å². The molecule has 1 fully saturated rings. The zero-order valence-corrected chi connectivity index (χ0v) is 10.6. The highest BCUT2D eigenvalue weighted by Gasteiger charge is 2.27. The highest BCUT2D eigenvalue weighted by Crippen LogP contribution is 2.22. The number of rotatable bonds is 6. The molecule has 0 radical (unpaired) electrons. The molecule has 4 nitrogen and oxygen atoms in total. The van der Waals surface area contributed by atoms with Crippen molar-refractivity contribution in [1.29, 1.82) is 0 Å². The van der Waals surface area contributed by atoms with E-state index in [-0.39, 0.29) is 11.9 Å². The predicted octanol–water partition coefficient (Wildman–Crippen LogP) is 0.916. The van der Waals surface area contributed by atoms with E-state index in [1.807, 2.05) is 13.8 Å². The van der Waals surface area contributed by atoms with Crippen LogP contribution in [0.15, 0.2) is 0 Å². The lowest BCUT2D eigenvalue weighted by molar-refractivity contribution is -0.122. The molecule has 1 amide bonds. The monoisotopic (exact) mass is 228 g/mol. The number of hydrogen-bond acceptors (Lipinski definition) is 3. The van der Waals surface area contributed by atoms with Gasteiger partial charge in [0.1, 0.15) is 0 Å². The van der Waals surface area contributed by atoms with Gasteiger partial charge < -0.3 is 15.4 Å². The predicted molar refractivity (Wildman–Crippen MR) is 64.3 cm³/mol. The average molecular weight is 228 g/mol. The Morgan fingerprint density at radius 1 is 1.50 bits per heavy atom. The van der Waals surface area contributed by atoms with Crippen LogP contribution in [0, 0.1) is 5.92 Å². The van der Waals surface area contributed by atoms with Crippen molar-refractivity contribution in [2.24, 2.45) is 5.92 Å². The molecule has 3 unspecified atom stereocenters. The quantitative estimate of drug-likeness (QED) is 0.710. The molecule has 16 heavy (non-hydrogen) atoms. The third-order valence-corrected chi connectivity index (χ3v) is 3.18. The van der Waals surface area contributed by atoms with E-state index < -0.39 is 0 Å². The molecular weight excluding hydrogens is 204 g/mol. The molecule has 1 aliphatic heterocycles. The van der Waals surface area contributed by atoms with E-state index >= 15 is 0 Å². The summed E-state index contributed by atoms with van der Waals surface area (Å²) >= 11 is 0. The fraction of sp³-hybridized carbons (Fsp3) is 0.917. The fourth-order valence-electron chi connectivity index (χ4n) is 2.13. The van der Waals surface area contributed by atoms with E-state index in [0.717, 1.165) is 26.0 Å². The van der Waals surface area contributed by atoms with Gasteiger partial charge >= 0.3 is 0 Å². The van der Waals surface area contributed by atoms with Crippen LogP contribution in [-0.2, 0) is 9.53 Å². The van der Waals surface area contributed by atoms with Crippen LogP contribution < -0.4 is 10.6 Å². The van der Waals surface area contributed by atoms with Crippen molar-refractivity contribution >= 4 is 5.91 Å². The Morgan fingerprint density at radius 3 is 2.88 bits per heavy atom. The lowest BCUT2D eigenvalue weighted by Crippen LogP contribution is -2.44. The number of carbonyl (C=O) groups excluding carboxylic acids is 1. The van der Waals surface area contributed by atoms with Gasteiger partial charge in [0.05, 0.1) is 12.1 Å². The SMILES string of the molecule is CCNC(=O)C(C)NCC1CCOC1CC. The molecule has 3 atom stereocenters. The van der Waals surface area contributed by atoms with Crippen LogP contribution in [0.5, 0.6) is 0 Å². The van der Waals surface area contributed by atoms with Crippen LogP contribution in [0.25, 0.3) is 0 Å². The molecule has 0 aromatic carbocycles. The van der Waals surface area contributed by atoms with Crippen LogP contribution in [0.4, 0.5) is 0 Å². The van der Waals surface area contributed by atoms with Crippen molar-refractivity contribution in [1.82, 2.24) is 10.6 Å². The first-order valence-corrected chi connectivity index (χ1v) is 6.31. The van der Waals surface area contributed by atoms with Crippen LogP contribution in [0.3, 0.4) is 0 Å². The molecule has 94 valence electrons. The van der Waals surface area contributed by atoms with Crippen molar-refractivity contribution in [2.75, 3.05) is 19.7 Å². The zero-order chi connectivity index (χ0) is 12.0. The van der Waals surface area contributed by atoms with Gasteiger partial charge in [-0.05, 0) is 32.6 Å². The van der Waals surface area contributed by atoms with Crippen LogP contribution >= 0.6 is 0 Å². The average Bonchev–Trinajstić information content (AvgIpc) is 2.73. The summed E-state index contributed by atoms with van der Waals surface area (Å²) in [6, 6.07) is -0.113. The van der Waals surface area contributed by atoms with Gasteiger partial charge in [-0.2, -0.15) is 0 Å². The van der Waals surface area contributed by atoms with Crippen LogP contribution in [0.1, 0.15) is 33.6 Å². The molecule has 1 aliphatic rings. The summed E-state index contributed by atoms with van der Waals surface area (Å²) in [5.41, 5.74) is 0. The van der Waals surface area contributed by atoms with Gasteiger partial charge in [0.25, 0.3) is 0 Å². The second kappa shape index (κ2) is 6.86. The Bertz CT molecular complexity index is 221. The number of carbonyl (C=O) groups is 1. The Balaban J connectivity index is 2.25. The molecule has 0 saturated carbocycles. The van der Waals surface area contributed by atoms with E-state index in [2.05, 4.69) is 17.6 Å². The summed E-state index contributed by atoms with van der Waals surface area (Å²) in [4.78, 5) is 11.5. The molecular formula is C12H24N2O2. The summed E-state index contributed by atoms with van der Waals surface area (Å²) in [5, 5.41) is 6.09. The fourth-order valence-corrected chi connectivity index (χ4v) is 2.13. The zero-order valence-electron chi connectivity index (χ0n) is 10.6. The third-order valence-electron chi connectivity index (χ3n) is 3.18. The Kier molecular flexibility index (Phi) is 5.77. The smallest absolute Gasteiger partial charge is 0.236 e. The summed E-state index contributed by atoms with van der Waals surface area (Å²) in [6.45, 7) is 8.41. The second-order valence-corrected chi connectivity index (χ2v) is 4.39. The molecule has 0 bridgehead atoms. The van der Waals surface area contributed by atoms with Gasteiger partial charge in [-0.25, -0.2) is 0 Å². The lowest BCUT2D eigenvalue weighted by atomic mass is 9.99. The van der Waals surface area contributed by atoms with E-state index in [1.165, 1.54) is 0 Å². The topological polar surface area (TPSA) is 50.4 Å². The van der Waals surface area contributed by atoms with Crippen molar-refractivity contribution in [3.8, 4) is 0 Å². The maximum atomic E-state index is 11.5. The number of likely N-dealkylation sites (N-methyl/N-ethyl adjacent to an activating group) is 1. The number of amides is 1.